The third-order valence-corrected chi connectivity index (χ3v) is 9.61. The Bertz CT molecular complexity index is 1450. The van der Waals surface area contributed by atoms with Crippen molar-refractivity contribution in [1.82, 2.24) is 14.5 Å². The molecule has 1 aliphatic rings. The number of sulfonamides is 1. The fourth-order valence-corrected chi connectivity index (χ4v) is 6.92. The Morgan fingerprint density at radius 3 is 2.31 bits per heavy atom. The fourth-order valence-electron chi connectivity index (χ4n) is 4.08. The Kier molecular flexibility index (Phi) is 6.45. The lowest BCUT2D eigenvalue weighted by atomic mass is 9.93. The van der Waals surface area contributed by atoms with Gasteiger partial charge in [-0.2, -0.15) is 22.6 Å². The molecule has 1 aliphatic carbocycles. The number of hydrogen-bond acceptors (Lipinski definition) is 6. The topological polar surface area (TPSA) is 109 Å². The van der Waals surface area contributed by atoms with Crippen molar-refractivity contribution in [2.45, 2.75) is 46.2 Å². The molecule has 0 amide bonds. The molecule has 35 heavy (non-hydrogen) atoms. The molecular weight excluding hydrogens is 507 g/mol. The SMILES string of the molecule is COc1ccc(S(=O)(=O)c2cc(C(F)(F)F)cc(S(=O)(=O)N(C)[C@@H]3CCCc4[nH]ncc43)c2)cc1. The molecule has 1 N–H and O–H groups in total. The number of aromatic nitrogens is 2. The number of benzene rings is 2. The van der Waals surface area contributed by atoms with Crippen LogP contribution in [0, 0.1) is 0 Å². The molecule has 1 aromatic heterocycles. The zero-order valence-corrected chi connectivity index (χ0v) is 20.3. The van der Waals surface area contributed by atoms with Crippen LogP contribution in [0.25, 0.3) is 0 Å². The molecule has 0 unspecified atom stereocenters. The summed E-state index contributed by atoms with van der Waals surface area (Å²) < 4.78 is 100. The summed E-state index contributed by atoms with van der Waals surface area (Å²) in [7, 11) is -6.34. The highest BCUT2D eigenvalue weighted by Crippen LogP contribution is 2.38. The summed E-state index contributed by atoms with van der Waals surface area (Å²) in [6, 6.07) is 6.05. The van der Waals surface area contributed by atoms with Gasteiger partial charge >= 0.3 is 6.18 Å². The molecule has 2 aromatic carbocycles. The van der Waals surface area contributed by atoms with Gasteiger partial charge < -0.3 is 4.74 Å². The predicted octanol–water partition coefficient (Wildman–Crippen LogP) is 3.97. The summed E-state index contributed by atoms with van der Waals surface area (Å²) in [6.07, 6.45) is -1.71. The Balaban J connectivity index is 1.83. The molecule has 0 saturated carbocycles. The van der Waals surface area contributed by atoms with Crippen LogP contribution in [0.4, 0.5) is 13.2 Å². The molecule has 4 rings (SSSR count). The molecule has 0 radical (unpaired) electrons. The van der Waals surface area contributed by atoms with Crippen molar-refractivity contribution >= 4 is 19.9 Å². The van der Waals surface area contributed by atoms with Gasteiger partial charge in [-0.05, 0) is 61.7 Å². The van der Waals surface area contributed by atoms with E-state index in [2.05, 4.69) is 10.2 Å². The van der Waals surface area contributed by atoms with Crippen molar-refractivity contribution in [2.24, 2.45) is 0 Å². The lowest BCUT2D eigenvalue weighted by molar-refractivity contribution is -0.137. The van der Waals surface area contributed by atoms with Crippen LogP contribution in [0.5, 0.6) is 5.75 Å². The number of alkyl halides is 3. The summed E-state index contributed by atoms with van der Waals surface area (Å²) >= 11 is 0. The first-order chi connectivity index (χ1) is 16.4. The maximum atomic E-state index is 13.7. The van der Waals surface area contributed by atoms with Crippen molar-refractivity contribution in [3.05, 3.63) is 65.5 Å². The Morgan fingerprint density at radius 1 is 1.03 bits per heavy atom. The van der Waals surface area contributed by atoms with Gasteiger partial charge in [0, 0.05) is 18.3 Å². The summed E-state index contributed by atoms with van der Waals surface area (Å²) in [4.78, 5) is -1.85. The number of ether oxygens (including phenoxy) is 1. The van der Waals surface area contributed by atoms with E-state index < -0.39 is 47.4 Å². The van der Waals surface area contributed by atoms with Crippen LogP contribution in [-0.2, 0) is 32.5 Å². The number of rotatable bonds is 6. The minimum Gasteiger partial charge on any atom is -0.497 e. The van der Waals surface area contributed by atoms with Crippen LogP contribution in [-0.4, -0.2) is 45.5 Å². The van der Waals surface area contributed by atoms with E-state index in [4.69, 9.17) is 4.74 Å². The number of aryl methyl sites for hydroxylation is 1. The van der Waals surface area contributed by atoms with Crippen LogP contribution >= 0.6 is 0 Å². The first kappa shape index (κ1) is 25.2. The molecule has 8 nitrogen and oxygen atoms in total. The Morgan fingerprint density at radius 2 is 1.69 bits per heavy atom. The average Bonchev–Trinajstić information content (AvgIpc) is 3.32. The van der Waals surface area contributed by atoms with Gasteiger partial charge in [0.05, 0.1) is 39.6 Å². The van der Waals surface area contributed by atoms with Crippen LogP contribution in [0.2, 0.25) is 0 Å². The summed E-state index contributed by atoms with van der Waals surface area (Å²) in [5, 5.41) is 6.76. The number of methoxy groups -OCH3 is 1. The van der Waals surface area contributed by atoms with Crippen LogP contribution in [0.3, 0.4) is 0 Å². The second-order valence-corrected chi connectivity index (χ2v) is 12.1. The normalized spacial score (nSPS) is 16.8. The predicted molar refractivity (Wildman–Crippen MR) is 119 cm³/mol. The highest BCUT2D eigenvalue weighted by atomic mass is 32.2. The van der Waals surface area contributed by atoms with Crippen molar-refractivity contribution in [2.75, 3.05) is 14.2 Å². The van der Waals surface area contributed by atoms with Gasteiger partial charge in [-0.25, -0.2) is 16.8 Å². The Hall–Kier alpha value is -2.90. The minimum absolute atomic E-state index is 0.301. The summed E-state index contributed by atoms with van der Waals surface area (Å²) in [6.45, 7) is 0. The molecule has 0 spiro atoms. The van der Waals surface area contributed by atoms with Crippen molar-refractivity contribution in [3.8, 4) is 5.75 Å². The summed E-state index contributed by atoms with van der Waals surface area (Å²) in [5.41, 5.74) is 0.0159. The third-order valence-electron chi connectivity index (χ3n) is 6.02. The van der Waals surface area contributed by atoms with E-state index in [9.17, 15) is 30.0 Å². The van der Waals surface area contributed by atoms with E-state index in [1.807, 2.05) is 0 Å². The molecule has 0 bridgehead atoms. The van der Waals surface area contributed by atoms with E-state index in [0.29, 0.717) is 42.7 Å². The molecule has 0 saturated heterocycles. The highest BCUT2D eigenvalue weighted by molar-refractivity contribution is 7.91. The second kappa shape index (κ2) is 8.95. The van der Waals surface area contributed by atoms with Crippen molar-refractivity contribution in [1.29, 1.82) is 0 Å². The molecular formula is C22H22F3N3O5S2. The fraction of sp³-hybridized carbons (Fsp3) is 0.318. The molecule has 3 aromatic rings. The van der Waals surface area contributed by atoms with E-state index in [1.54, 1.807) is 0 Å². The van der Waals surface area contributed by atoms with Crippen LogP contribution < -0.4 is 4.74 Å². The Labute approximate surface area is 200 Å². The first-order valence-corrected chi connectivity index (χ1v) is 13.4. The molecule has 0 fully saturated rings. The van der Waals surface area contributed by atoms with Gasteiger partial charge in [0.1, 0.15) is 5.75 Å². The van der Waals surface area contributed by atoms with E-state index in [0.717, 1.165) is 16.1 Å². The molecule has 0 aliphatic heterocycles. The number of aromatic amines is 1. The molecule has 1 heterocycles. The molecule has 13 heteroatoms. The number of nitrogens with one attached hydrogen (secondary N) is 1. The number of nitrogens with zero attached hydrogens (tertiary/aromatic N) is 2. The van der Waals surface area contributed by atoms with Gasteiger partial charge in [-0.3, -0.25) is 5.10 Å². The maximum Gasteiger partial charge on any atom is 0.416 e. The maximum absolute atomic E-state index is 13.7. The average molecular weight is 530 g/mol. The number of halogens is 3. The number of hydrogen-bond donors (Lipinski definition) is 1. The third kappa shape index (κ3) is 4.67. The molecule has 1 atom stereocenters. The van der Waals surface area contributed by atoms with Crippen molar-refractivity contribution in [3.63, 3.8) is 0 Å². The zero-order chi connectivity index (χ0) is 25.6. The van der Waals surface area contributed by atoms with E-state index in [1.165, 1.54) is 44.6 Å². The van der Waals surface area contributed by atoms with Gasteiger partial charge in [0.15, 0.2) is 0 Å². The van der Waals surface area contributed by atoms with Gasteiger partial charge in [-0.15, -0.1) is 0 Å². The lowest BCUT2D eigenvalue weighted by Gasteiger charge is -2.30. The first-order valence-electron chi connectivity index (χ1n) is 10.5. The van der Waals surface area contributed by atoms with Crippen LogP contribution in [0.1, 0.15) is 35.7 Å². The number of sulfone groups is 1. The van der Waals surface area contributed by atoms with E-state index in [-0.39, 0.29) is 4.90 Å². The highest BCUT2D eigenvalue weighted by Gasteiger charge is 2.38. The van der Waals surface area contributed by atoms with Gasteiger partial charge in [0.25, 0.3) is 0 Å². The minimum atomic E-state index is -4.98. The summed E-state index contributed by atoms with van der Waals surface area (Å²) in [5.74, 6) is 0.351. The monoisotopic (exact) mass is 529 g/mol. The van der Waals surface area contributed by atoms with E-state index >= 15 is 0 Å². The largest absolute Gasteiger partial charge is 0.497 e. The quantitative estimate of drug-likeness (QED) is 0.518. The lowest BCUT2D eigenvalue weighted by Crippen LogP contribution is -2.33. The smallest absolute Gasteiger partial charge is 0.416 e. The standard InChI is InChI=1S/C22H22F3N3O5S2/c1-28(21-5-3-4-20-19(21)13-26-27-20)35(31,32)18-11-14(22(23,24)25)10-17(12-18)34(29,30)16-8-6-15(33-2)7-9-16/h6-13,21H,3-5H2,1-2H3,(H,26,27)/t21-/m1/s1. The van der Waals surface area contributed by atoms with Crippen molar-refractivity contribution < 1.29 is 34.7 Å². The number of fused-ring (bicyclic) bond motifs is 1. The zero-order valence-electron chi connectivity index (χ0n) is 18.7. The van der Waals surface area contributed by atoms with Gasteiger partial charge in [-0.1, -0.05) is 0 Å². The molecule has 188 valence electrons. The second-order valence-electron chi connectivity index (χ2n) is 8.10. The van der Waals surface area contributed by atoms with Crippen LogP contribution in [0.15, 0.2) is 63.3 Å². The number of H-pyrrole nitrogens is 1. The van der Waals surface area contributed by atoms with Gasteiger partial charge in [0.2, 0.25) is 19.9 Å².